The number of nitrogens with one attached hydrogen (secondary N) is 2. The van der Waals surface area contributed by atoms with Gasteiger partial charge in [0.2, 0.25) is 15.9 Å². The summed E-state index contributed by atoms with van der Waals surface area (Å²) in [6, 6.07) is 6.99. The number of hydrogen-bond acceptors (Lipinski definition) is 5. The molecule has 2 saturated heterocycles. The third kappa shape index (κ3) is 4.31. The van der Waals surface area contributed by atoms with Crippen LogP contribution < -0.4 is 14.9 Å². The van der Waals surface area contributed by atoms with Gasteiger partial charge in [-0.15, -0.1) is 12.4 Å². The van der Waals surface area contributed by atoms with Crippen molar-refractivity contribution in [3.63, 3.8) is 0 Å². The normalized spacial score (nSPS) is 21.0. The molecule has 2 N–H and O–H groups in total. The Labute approximate surface area is 160 Å². The van der Waals surface area contributed by atoms with Crippen molar-refractivity contribution in [1.29, 1.82) is 0 Å². The molecule has 7 nitrogen and oxygen atoms in total. The Balaban J connectivity index is 0.00000243. The summed E-state index contributed by atoms with van der Waals surface area (Å²) in [5, 5.41) is 6.23. The first-order valence-corrected chi connectivity index (χ1v) is 10.2. The minimum Gasteiger partial charge on any atom is -0.384 e. The fraction of sp³-hybridized carbons (Fsp3) is 0.588. The van der Waals surface area contributed by atoms with Gasteiger partial charge in [-0.25, -0.2) is 8.42 Å². The predicted molar refractivity (Wildman–Crippen MR) is 104 cm³/mol. The molecule has 0 bridgehead atoms. The van der Waals surface area contributed by atoms with E-state index in [0.29, 0.717) is 30.9 Å². The smallest absolute Gasteiger partial charge is 0.235 e. The van der Waals surface area contributed by atoms with E-state index < -0.39 is 15.4 Å². The molecule has 0 radical (unpaired) electrons. The largest absolute Gasteiger partial charge is 0.384 e. The first-order chi connectivity index (χ1) is 12.0. The van der Waals surface area contributed by atoms with Gasteiger partial charge < -0.3 is 15.4 Å². The van der Waals surface area contributed by atoms with Gasteiger partial charge in [-0.05, 0) is 56.6 Å². The van der Waals surface area contributed by atoms with Gasteiger partial charge in [0.05, 0.1) is 23.5 Å². The number of amides is 1. The molecule has 3 rings (SSSR count). The van der Waals surface area contributed by atoms with Crippen molar-refractivity contribution in [2.24, 2.45) is 5.41 Å². The summed E-state index contributed by atoms with van der Waals surface area (Å²) < 4.78 is 30.7. The van der Waals surface area contributed by atoms with Crippen LogP contribution in [0, 0.1) is 5.41 Å². The number of benzene rings is 1. The summed E-state index contributed by atoms with van der Waals surface area (Å²) in [4.78, 5) is 12.8. The molecular formula is C17H26ClN3O4S. The number of piperidine rings is 1. The Kier molecular flexibility index (Phi) is 6.90. The van der Waals surface area contributed by atoms with Crippen LogP contribution in [-0.4, -0.2) is 53.4 Å². The van der Waals surface area contributed by atoms with E-state index in [0.717, 1.165) is 25.9 Å². The van der Waals surface area contributed by atoms with E-state index in [2.05, 4.69) is 10.6 Å². The van der Waals surface area contributed by atoms with Crippen molar-refractivity contribution in [2.75, 3.05) is 48.7 Å². The minimum absolute atomic E-state index is 0. The Morgan fingerprint density at radius 3 is 2.46 bits per heavy atom. The molecule has 2 heterocycles. The Morgan fingerprint density at radius 2 is 1.92 bits per heavy atom. The molecule has 0 unspecified atom stereocenters. The predicted octanol–water partition coefficient (Wildman–Crippen LogP) is 1.60. The van der Waals surface area contributed by atoms with Gasteiger partial charge >= 0.3 is 0 Å². The van der Waals surface area contributed by atoms with E-state index in [-0.39, 0.29) is 24.1 Å². The summed E-state index contributed by atoms with van der Waals surface area (Å²) in [6.07, 6.45) is 2.11. The van der Waals surface area contributed by atoms with E-state index in [9.17, 15) is 13.2 Å². The molecule has 1 aromatic carbocycles. The van der Waals surface area contributed by atoms with Gasteiger partial charge in [-0.1, -0.05) is 0 Å². The average molecular weight is 404 g/mol. The Hall–Kier alpha value is -1.35. The van der Waals surface area contributed by atoms with Crippen molar-refractivity contribution >= 4 is 39.7 Å². The second-order valence-corrected chi connectivity index (χ2v) is 8.72. The number of ether oxygens (including phenoxy) is 1. The molecule has 146 valence electrons. The van der Waals surface area contributed by atoms with Crippen LogP contribution in [0.5, 0.6) is 0 Å². The van der Waals surface area contributed by atoms with Crippen LogP contribution in [0.15, 0.2) is 24.3 Å². The van der Waals surface area contributed by atoms with E-state index >= 15 is 0 Å². The topological polar surface area (TPSA) is 87.7 Å². The number of anilines is 2. The van der Waals surface area contributed by atoms with Crippen LogP contribution in [0.25, 0.3) is 0 Å². The maximum atomic E-state index is 12.8. The summed E-state index contributed by atoms with van der Waals surface area (Å²) >= 11 is 0. The lowest BCUT2D eigenvalue weighted by atomic mass is 9.78. The second kappa shape index (κ2) is 8.56. The van der Waals surface area contributed by atoms with Crippen LogP contribution >= 0.6 is 12.4 Å². The van der Waals surface area contributed by atoms with Crippen LogP contribution in [0.3, 0.4) is 0 Å². The molecule has 0 saturated carbocycles. The monoisotopic (exact) mass is 403 g/mol. The molecule has 0 aromatic heterocycles. The Morgan fingerprint density at radius 1 is 1.27 bits per heavy atom. The first kappa shape index (κ1) is 21.0. The lowest BCUT2D eigenvalue weighted by Gasteiger charge is -2.35. The lowest BCUT2D eigenvalue weighted by molar-refractivity contribution is -0.130. The van der Waals surface area contributed by atoms with Crippen molar-refractivity contribution in [2.45, 2.75) is 19.3 Å². The summed E-state index contributed by atoms with van der Waals surface area (Å²) in [7, 11) is -1.57. The molecule has 1 aromatic rings. The second-order valence-electron chi connectivity index (χ2n) is 6.71. The summed E-state index contributed by atoms with van der Waals surface area (Å²) in [5.74, 6) is 0.149. The number of methoxy groups -OCH3 is 1. The van der Waals surface area contributed by atoms with E-state index in [4.69, 9.17) is 4.74 Å². The van der Waals surface area contributed by atoms with Crippen molar-refractivity contribution < 1.29 is 17.9 Å². The first-order valence-electron chi connectivity index (χ1n) is 8.58. The summed E-state index contributed by atoms with van der Waals surface area (Å²) in [5.41, 5.74) is 0.792. The standard InChI is InChI=1S/C17H25N3O4S.ClH/c1-24-13-17(7-9-18-10-8-17)16(21)19-14-3-5-15(6-4-14)20-11-2-12-25(20,22)23;/h3-6,18H,2,7-13H2,1H3,(H,19,21);1H. The fourth-order valence-electron chi connectivity index (χ4n) is 3.52. The molecule has 26 heavy (non-hydrogen) atoms. The SMILES string of the molecule is COCC1(C(=O)Nc2ccc(N3CCCS3(=O)=O)cc2)CCNCC1.Cl. The fourth-order valence-corrected chi connectivity index (χ4v) is 5.09. The highest BCUT2D eigenvalue weighted by atomic mass is 35.5. The molecule has 0 aliphatic carbocycles. The van der Waals surface area contributed by atoms with Gasteiger partial charge in [-0.2, -0.15) is 0 Å². The highest BCUT2D eigenvalue weighted by Gasteiger charge is 2.39. The molecule has 0 spiro atoms. The number of rotatable bonds is 5. The Bertz CT molecular complexity index is 713. The van der Waals surface area contributed by atoms with Gasteiger partial charge in [0.15, 0.2) is 0 Å². The van der Waals surface area contributed by atoms with Crippen LogP contribution in [-0.2, 0) is 19.6 Å². The maximum absolute atomic E-state index is 12.8. The molecule has 2 fully saturated rings. The average Bonchev–Trinajstić information content (AvgIpc) is 2.96. The molecule has 2 aliphatic rings. The minimum atomic E-state index is -3.19. The zero-order valence-corrected chi connectivity index (χ0v) is 16.5. The zero-order valence-electron chi connectivity index (χ0n) is 14.9. The number of nitrogens with zero attached hydrogens (tertiary/aromatic N) is 1. The number of carbonyl (C=O) groups excluding carboxylic acids is 1. The van der Waals surface area contributed by atoms with E-state index in [1.165, 1.54) is 4.31 Å². The molecule has 2 aliphatic heterocycles. The van der Waals surface area contributed by atoms with Gasteiger partial charge in [-0.3, -0.25) is 9.10 Å². The molecular weight excluding hydrogens is 378 g/mol. The summed E-state index contributed by atoms with van der Waals surface area (Å²) in [6.45, 7) is 2.49. The van der Waals surface area contributed by atoms with Crippen LogP contribution in [0.4, 0.5) is 11.4 Å². The van der Waals surface area contributed by atoms with E-state index in [1.807, 2.05) is 0 Å². The van der Waals surface area contributed by atoms with Crippen LogP contribution in [0.2, 0.25) is 0 Å². The van der Waals surface area contributed by atoms with Gasteiger partial charge in [0.25, 0.3) is 0 Å². The lowest BCUT2D eigenvalue weighted by Crippen LogP contribution is -2.47. The van der Waals surface area contributed by atoms with Gasteiger partial charge in [0.1, 0.15) is 0 Å². The number of hydrogen-bond donors (Lipinski definition) is 2. The van der Waals surface area contributed by atoms with Crippen molar-refractivity contribution in [3.8, 4) is 0 Å². The number of halogens is 1. The number of sulfonamides is 1. The van der Waals surface area contributed by atoms with E-state index in [1.54, 1.807) is 31.4 Å². The third-order valence-corrected chi connectivity index (χ3v) is 6.84. The third-order valence-electron chi connectivity index (χ3n) is 4.98. The highest BCUT2D eigenvalue weighted by molar-refractivity contribution is 7.93. The molecule has 0 atom stereocenters. The number of carbonyl (C=O) groups is 1. The molecule has 1 amide bonds. The van der Waals surface area contributed by atoms with Crippen molar-refractivity contribution in [1.82, 2.24) is 5.32 Å². The molecule has 9 heteroatoms. The van der Waals surface area contributed by atoms with Gasteiger partial charge in [0, 0.05) is 19.3 Å². The van der Waals surface area contributed by atoms with Crippen LogP contribution in [0.1, 0.15) is 19.3 Å². The quantitative estimate of drug-likeness (QED) is 0.779. The highest BCUT2D eigenvalue weighted by Crippen LogP contribution is 2.31. The maximum Gasteiger partial charge on any atom is 0.235 e. The van der Waals surface area contributed by atoms with Crippen molar-refractivity contribution in [3.05, 3.63) is 24.3 Å². The zero-order chi connectivity index (χ0) is 17.9.